The quantitative estimate of drug-likeness (QED) is 0.839. The van der Waals surface area contributed by atoms with Crippen molar-refractivity contribution >= 4 is 34.0 Å². The second-order valence-electron chi connectivity index (χ2n) is 5.26. The zero-order valence-electron chi connectivity index (χ0n) is 10.8. The summed E-state index contributed by atoms with van der Waals surface area (Å²) in [5, 5.41) is 0.749. The largest absolute Gasteiger partial charge is 0.301 e. The number of hydrogen-bond donors (Lipinski definition) is 1. The van der Waals surface area contributed by atoms with Gasteiger partial charge in [-0.2, -0.15) is 0 Å². The molecule has 0 aliphatic carbocycles. The van der Waals surface area contributed by atoms with Crippen molar-refractivity contribution in [2.24, 2.45) is 16.1 Å². The fourth-order valence-electron chi connectivity index (χ4n) is 1.70. The molecule has 0 bridgehead atoms. The van der Waals surface area contributed by atoms with Crippen molar-refractivity contribution in [2.45, 2.75) is 26.3 Å². The molecule has 1 atom stereocenters. The molecule has 4 heteroatoms. The smallest absolute Gasteiger partial charge is 0.149 e. The lowest BCUT2D eigenvalue weighted by Crippen LogP contribution is -2.26. The highest BCUT2D eigenvalue weighted by atomic mass is 35.5. The Balaban J connectivity index is 2.44. The predicted molar refractivity (Wildman–Crippen MR) is 81.9 cm³/mol. The van der Waals surface area contributed by atoms with E-state index in [-0.39, 0.29) is 10.9 Å². The molecule has 0 saturated heterocycles. The molecule has 18 heavy (non-hydrogen) atoms. The Hall–Kier alpha value is -0.770. The van der Waals surface area contributed by atoms with E-state index in [0.29, 0.717) is 0 Å². The lowest BCUT2D eigenvalue weighted by molar-refractivity contribution is 0.590. The Morgan fingerprint density at radius 1 is 1.28 bits per heavy atom. The average molecular weight is 281 g/mol. The molecule has 1 aliphatic heterocycles. The first-order valence-electron chi connectivity index (χ1n) is 5.85. The van der Waals surface area contributed by atoms with Crippen LogP contribution in [0.15, 0.2) is 35.3 Å². The number of allylic oxidation sites excluding steroid dienone is 1. The van der Waals surface area contributed by atoms with E-state index in [0.717, 1.165) is 21.2 Å². The van der Waals surface area contributed by atoms with Gasteiger partial charge in [-0.25, -0.2) is 0 Å². The first kappa shape index (κ1) is 13.7. The summed E-state index contributed by atoms with van der Waals surface area (Å²) in [6.45, 7) is 6.40. The van der Waals surface area contributed by atoms with Crippen LogP contribution in [0.3, 0.4) is 0 Å². The van der Waals surface area contributed by atoms with Crippen molar-refractivity contribution in [2.75, 3.05) is 0 Å². The molecule has 2 rings (SSSR count). The van der Waals surface area contributed by atoms with Crippen LogP contribution in [0.2, 0.25) is 5.02 Å². The molecule has 96 valence electrons. The number of benzene rings is 1. The summed E-state index contributed by atoms with van der Waals surface area (Å²) in [7, 11) is 0. The van der Waals surface area contributed by atoms with E-state index in [4.69, 9.17) is 17.3 Å². The van der Waals surface area contributed by atoms with E-state index in [1.165, 1.54) is 0 Å². The monoisotopic (exact) mass is 280 g/mol. The molecule has 0 saturated carbocycles. The van der Waals surface area contributed by atoms with Gasteiger partial charge in [-0.1, -0.05) is 62.3 Å². The first-order chi connectivity index (χ1) is 8.38. The van der Waals surface area contributed by atoms with Gasteiger partial charge in [0.1, 0.15) is 5.50 Å². The van der Waals surface area contributed by atoms with Crippen molar-refractivity contribution in [1.82, 2.24) is 0 Å². The fraction of sp³-hybridized carbons (Fsp3) is 0.357. The van der Waals surface area contributed by atoms with Crippen LogP contribution in [0.1, 0.15) is 26.3 Å². The van der Waals surface area contributed by atoms with Crippen LogP contribution >= 0.6 is 23.4 Å². The van der Waals surface area contributed by atoms with E-state index < -0.39 is 0 Å². The Morgan fingerprint density at radius 3 is 2.56 bits per heavy atom. The van der Waals surface area contributed by atoms with E-state index >= 15 is 0 Å². The van der Waals surface area contributed by atoms with Crippen molar-refractivity contribution in [1.29, 1.82) is 0 Å². The zero-order valence-corrected chi connectivity index (χ0v) is 12.3. The van der Waals surface area contributed by atoms with Gasteiger partial charge in [-0.15, -0.1) is 0 Å². The standard InChI is InChI=1S/C14H17ClN2S/c1-14(2,3)12-8-11(18-13(16)17-12)9-6-4-5-7-10(9)15/h4-8,13H,16H2,1-3H3. The van der Waals surface area contributed by atoms with Gasteiger partial charge in [-0.3, -0.25) is 4.99 Å². The van der Waals surface area contributed by atoms with Gasteiger partial charge in [0.25, 0.3) is 0 Å². The number of nitrogens with two attached hydrogens (primary N) is 1. The van der Waals surface area contributed by atoms with Gasteiger partial charge in [0.2, 0.25) is 0 Å². The molecular weight excluding hydrogens is 264 g/mol. The van der Waals surface area contributed by atoms with E-state index in [9.17, 15) is 0 Å². The molecule has 0 spiro atoms. The lowest BCUT2D eigenvalue weighted by atomic mass is 9.89. The van der Waals surface area contributed by atoms with Crippen LogP contribution in [0, 0.1) is 5.41 Å². The number of rotatable bonds is 1. The van der Waals surface area contributed by atoms with Crippen molar-refractivity contribution in [3.63, 3.8) is 0 Å². The van der Waals surface area contributed by atoms with Crippen LogP contribution in [0.4, 0.5) is 0 Å². The lowest BCUT2D eigenvalue weighted by Gasteiger charge is -2.26. The molecule has 2 nitrogen and oxygen atoms in total. The highest BCUT2D eigenvalue weighted by Crippen LogP contribution is 2.38. The predicted octanol–water partition coefficient (Wildman–Crippen LogP) is 4.16. The van der Waals surface area contributed by atoms with Gasteiger partial charge in [0.05, 0.1) is 0 Å². The van der Waals surface area contributed by atoms with Crippen LogP contribution in [0.25, 0.3) is 4.91 Å². The van der Waals surface area contributed by atoms with Gasteiger partial charge >= 0.3 is 0 Å². The molecule has 0 radical (unpaired) electrons. The highest BCUT2D eigenvalue weighted by Gasteiger charge is 2.24. The van der Waals surface area contributed by atoms with Gasteiger partial charge in [-0.05, 0) is 12.1 Å². The zero-order chi connectivity index (χ0) is 13.3. The minimum absolute atomic E-state index is 0.00882. The molecule has 1 aliphatic rings. The van der Waals surface area contributed by atoms with Crippen LogP contribution < -0.4 is 5.73 Å². The Labute approximate surface area is 117 Å². The van der Waals surface area contributed by atoms with Crippen LogP contribution in [0.5, 0.6) is 0 Å². The summed E-state index contributed by atoms with van der Waals surface area (Å²) in [6.07, 6.45) is 2.09. The molecule has 1 heterocycles. The SMILES string of the molecule is CC(C)(C)C1=NC(N)SC(c2ccccc2Cl)=C1. The fourth-order valence-corrected chi connectivity index (χ4v) is 2.91. The van der Waals surface area contributed by atoms with Gasteiger partial charge in [0.15, 0.2) is 0 Å². The molecule has 1 unspecified atom stereocenters. The molecule has 2 N–H and O–H groups in total. The minimum Gasteiger partial charge on any atom is -0.301 e. The third kappa shape index (κ3) is 2.97. The number of nitrogens with zero attached hydrogens (tertiary/aromatic N) is 1. The third-order valence-electron chi connectivity index (χ3n) is 2.69. The molecule has 0 fully saturated rings. The van der Waals surface area contributed by atoms with Crippen LogP contribution in [-0.4, -0.2) is 11.2 Å². The van der Waals surface area contributed by atoms with Gasteiger partial charge in [0, 0.05) is 26.6 Å². The summed E-state index contributed by atoms with van der Waals surface area (Å²) in [5.41, 5.74) is 7.77. The summed E-state index contributed by atoms with van der Waals surface area (Å²) in [5.74, 6) is 0. The second kappa shape index (κ2) is 5.08. The summed E-state index contributed by atoms with van der Waals surface area (Å²) < 4.78 is 0. The summed E-state index contributed by atoms with van der Waals surface area (Å²) >= 11 is 7.77. The highest BCUT2D eigenvalue weighted by molar-refractivity contribution is 8.08. The molecule has 1 aromatic carbocycles. The topological polar surface area (TPSA) is 38.4 Å². The first-order valence-corrected chi connectivity index (χ1v) is 7.11. The second-order valence-corrected chi connectivity index (χ2v) is 6.83. The summed E-state index contributed by atoms with van der Waals surface area (Å²) in [6, 6.07) is 7.82. The molecule has 0 amide bonds. The third-order valence-corrected chi connectivity index (χ3v) is 3.96. The molecule has 0 aromatic heterocycles. The van der Waals surface area contributed by atoms with E-state index in [2.05, 4.69) is 31.8 Å². The maximum Gasteiger partial charge on any atom is 0.149 e. The molecule has 1 aromatic rings. The van der Waals surface area contributed by atoms with Crippen molar-refractivity contribution in [3.05, 3.63) is 40.9 Å². The summed E-state index contributed by atoms with van der Waals surface area (Å²) in [4.78, 5) is 5.59. The maximum atomic E-state index is 6.23. The number of hydrogen-bond acceptors (Lipinski definition) is 3. The number of aliphatic imine (C=N–C) groups is 1. The molecular formula is C14H17ClN2S. The van der Waals surface area contributed by atoms with Crippen LogP contribution in [-0.2, 0) is 0 Å². The Bertz CT molecular complexity index is 515. The maximum absolute atomic E-state index is 6.23. The Morgan fingerprint density at radius 2 is 1.94 bits per heavy atom. The minimum atomic E-state index is -0.254. The average Bonchev–Trinajstić information content (AvgIpc) is 2.27. The van der Waals surface area contributed by atoms with Crippen molar-refractivity contribution < 1.29 is 0 Å². The Kier molecular flexibility index (Phi) is 3.85. The van der Waals surface area contributed by atoms with E-state index in [1.54, 1.807) is 11.8 Å². The van der Waals surface area contributed by atoms with E-state index in [1.807, 2.05) is 24.3 Å². The number of halogens is 1. The normalized spacial score (nSPS) is 20.4. The van der Waals surface area contributed by atoms with Gasteiger partial charge < -0.3 is 5.73 Å². The number of thioether (sulfide) groups is 1. The van der Waals surface area contributed by atoms with Crippen molar-refractivity contribution in [3.8, 4) is 0 Å².